The molecule has 0 aromatic heterocycles. The summed E-state index contributed by atoms with van der Waals surface area (Å²) in [5.41, 5.74) is 2.58. The molecule has 0 N–H and O–H groups in total. The van der Waals surface area contributed by atoms with Gasteiger partial charge in [-0.1, -0.05) is 42.5 Å². The van der Waals surface area contributed by atoms with E-state index >= 15 is 0 Å². The molecular formula is C26H31F3O2. The number of rotatable bonds is 10. The molecule has 0 bridgehead atoms. The maximum absolute atomic E-state index is 14.3. The Balaban J connectivity index is 1.49. The van der Waals surface area contributed by atoms with Crippen LogP contribution < -0.4 is 4.74 Å². The molecule has 2 aromatic rings. The highest BCUT2D eigenvalue weighted by Crippen LogP contribution is 2.32. The molecule has 1 saturated heterocycles. The van der Waals surface area contributed by atoms with Crippen molar-refractivity contribution in [3.05, 3.63) is 76.9 Å². The zero-order chi connectivity index (χ0) is 22.1. The van der Waals surface area contributed by atoms with Gasteiger partial charge in [-0.25, -0.2) is 8.78 Å². The van der Waals surface area contributed by atoms with Crippen molar-refractivity contribution in [2.75, 3.05) is 19.9 Å². The summed E-state index contributed by atoms with van der Waals surface area (Å²) in [6, 6.07) is 11.3. The average molecular weight is 433 g/mol. The molecule has 1 heterocycles. The number of hydrogen-bond donors (Lipinski definition) is 0. The highest BCUT2D eigenvalue weighted by Gasteiger charge is 2.22. The van der Waals surface area contributed by atoms with E-state index in [9.17, 15) is 13.2 Å². The summed E-state index contributed by atoms with van der Waals surface area (Å²) < 4.78 is 51.5. The Hall–Kier alpha value is -2.27. The van der Waals surface area contributed by atoms with Crippen LogP contribution >= 0.6 is 0 Å². The first-order valence-electron chi connectivity index (χ1n) is 11.1. The van der Waals surface area contributed by atoms with Crippen LogP contribution in [0.2, 0.25) is 0 Å². The Labute approximate surface area is 183 Å². The quantitative estimate of drug-likeness (QED) is 0.379. The summed E-state index contributed by atoms with van der Waals surface area (Å²) in [4.78, 5) is 0. The average Bonchev–Trinajstić information content (AvgIpc) is 2.80. The molecule has 0 radical (unpaired) electrons. The fourth-order valence-electron chi connectivity index (χ4n) is 4.02. The summed E-state index contributed by atoms with van der Waals surface area (Å²) in [5, 5.41) is 0. The maximum Gasteiger partial charge on any atom is 0.200 e. The van der Waals surface area contributed by atoms with Crippen LogP contribution in [0, 0.1) is 17.6 Å². The molecule has 168 valence electrons. The second-order valence-corrected chi connectivity index (χ2v) is 7.99. The lowest BCUT2D eigenvalue weighted by atomic mass is 9.91. The first kappa shape index (κ1) is 23.4. The van der Waals surface area contributed by atoms with E-state index in [2.05, 4.69) is 12.1 Å². The van der Waals surface area contributed by atoms with Gasteiger partial charge in [0.1, 0.15) is 6.67 Å². The predicted octanol–water partition coefficient (Wildman–Crippen LogP) is 6.92. The van der Waals surface area contributed by atoms with Gasteiger partial charge in [0.15, 0.2) is 11.6 Å². The first-order chi connectivity index (χ1) is 15.1. The van der Waals surface area contributed by atoms with Crippen molar-refractivity contribution in [1.29, 1.82) is 0 Å². The topological polar surface area (TPSA) is 18.5 Å². The number of alkyl halides is 1. The molecule has 3 rings (SSSR count). The van der Waals surface area contributed by atoms with E-state index in [-0.39, 0.29) is 11.9 Å². The van der Waals surface area contributed by atoms with Gasteiger partial charge in [0.2, 0.25) is 5.82 Å². The second-order valence-electron chi connectivity index (χ2n) is 7.99. The minimum absolute atomic E-state index is 0.0425. The summed E-state index contributed by atoms with van der Waals surface area (Å²) in [6.07, 6.45) is 8.64. The molecule has 1 fully saturated rings. The Morgan fingerprint density at radius 2 is 1.81 bits per heavy atom. The summed E-state index contributed by atoms with van der Waals surface area (Å²) in [6.45, 7) is 2.37. The van der Waals surface area contributed by atoms with E-state index in [1.807, 2.05) is 18.2 Å². The molecule has 1 aliphatic rings. The Morgan fingerprint density at radius 3 is 2.48 bits per heavy atom. The van der Waals surface area contributed by atoms with Crippen molar-refractivity contribution in [3.63, 3.8) is 0 Å². The van der Waals surface area contributed by atoms with Crippen molar-refractivity contribution in [2.45, 2.75) is 51.6 Å². The number of hydrogen-bond acceptors (Lipinski definition) is 2. The van der Waals surface area contributed by atoms with Crippen LogP contribution in [0.4, 0.5) is 13.2 Å². The largest absolute Gasteiger partial charge is 0.491 e. The third-order valence-corrected chi connectivity index (χ3v) is 5.83. The lowest BCUT2D eigenvalue weighted by Crippen LogP contribution is -2.20. The molecule has 0 amide bonds. The van der Waals surface area contributed by atoms with Gasteiger partial charge in [-0.3, -0.25) is 0 Å². The van der Waals surface area contributed by atoms with Crippen molar-refractivity contribution in [1.82, 2.24) is 0 Å². The molecule has 0 saturated carbocycles. The third kappa shape index (κ3) is 6.60. The maximum atomic E-state index is 14.3. The van der Waals surface area contributed by atoms with Crippen LogP contribution in [0.1, 0.15) is 55.4 Å². The summed E-state index contributed by atoms with van der Waals surface area (Å²) in [5.74, 6) is -1.25. The first-order valence-corrected chi connectivity index (χ1v) is 11.1. The van der Waals surface area contributed by atoms with E-state index < -0.39 is 18.3 Å². The highest BCUT2D eigenvalue weighted by molar-refractivity contribution is 5.32. The molecule has 0 spiro atoms. The predicted molar refractivity (Wildman–Crippen MR) is 117 cm³/mol. The van der Waals surface area contributed by atoms with Crippen LogP contribution in [0.15, 0.2) is 48.6 Å². The minimum atomic E-state index is -0.916. The number of allylic oxidation sites excluding steroid dienone is 2. The molecule has 31 heavy (non-hydrogen) atoms. The van der Waals surface area contributed by atoms with E-state index in [1.54, 1.807) is 19.1 Å². The van der Waals surface area contributed by atoms with E-state index in [0.29, 0.717) is 30.9 Å². The zero-order valence-corrected chi connectivity index (χ0v) is 18.1. The smallest absolute Gasteiger partial charge is 0.200 e. The third-order valence-electron chi connectivity index (χ3n) is 5.83. The zero-order valence-electron chi connectivity index (χ0n) is 18.1. The van der Waals surface area contributed by atoms with Crippen molar-refractivity contribution in [2.24, 2.45) is 5.92 Å². The van der Waals surface area contributed by atoms with Gasteiger partial charge in [0, 0.05) is 0 Å². The van der Waals surface area contributed by atoms with Gasteiger partial charge in [-0.05, 0) is 74.1 Å². The number of halogens is 3. The lowest BCUT2D eigenvalue weighted by molar-refractivity contribution is -0.0190. The van der Waals surface area contributed by atoms with E-state index in [4.69, 9.17) is 9.47 Å². The van der Waals surface area contributed by atoms with Gasteiger partial charge in [0.05, 0.1) is 19.3 Å². The van der Waals surface area contributed by atoms with Crippen LogP contribution in [-0.2, 0) is 17.6 Å². The normalized spacial score (nSPS) is 19.1. The van der Waals surface area contributed by atoms with Gasteiger partial charge in [0.25, 0.3) is 0 Å². The van der Waals surface area contributed by atoms with Crippen LogP contribution in [0.25, 0.3) is 0 Å². The number of aryl methyl sites for hydroxylation is 2. The molecule has 2 unspecified atom stereocenters. The molecule has 2 nitrogen and oxygen atoms in total. The van der Waals surface area contributed by atoms with Crippen molar-refractivity contribution >= 4 is 0 Å². The van der Waals surface area contributed by atoms with Crippen LogP contribution in [-0.4, -0.2) is 19.9 Å². The van der Waals surface area contributed by atoms with Crippen molar-refractivity contribution < 1.29 is 22.6 Å². The Bertz CT molecular complexity index is 840. The molecule has 5 heteroatoms. The fraction of sp³-hybridized carbons (Fsp3) is 0.462. The van der Waals surface area contributed by atoms with E-state index in [0.717, 1.165) is 43.4 Å². The van der Waals surface area contributed by atoms with Crippen LogP contribution in [0.5, 0.6) is 5.75 Å². The van der Waals surface area contributed by atoms with Gasteiger partial charge in [-0.15, -0.1) is 0 Å². The molecule has 1 aliphatic heterocycles. The molecule has 0 aliphatic carbocycles. The Kier molecular flexibility index (Phi) is 9.01. The molecular weight excluding hydrogens is 401 g/mol. The van der Waals surface area contributed by atoms with Gasteiger partial charge in [-0.2, -0.15) is 4.39 Å². The second kappa shape index (κ2) is 11.9. The summed E-state index contributed by atoms with van der Waals surface area (Å²) in [7, 11) is 0. The van der Waals surface area contributed by atoms with Gasteiger partial charge >= 0.3 is 0 Å². The SMILES string of the molecule is CCOc1ccc(CCc2ccc(C3CCC(CCC=CCF)CO3)cc2)c(F)c1F. The summed E-state index contributed by atoms with van der Waals surface area (Å²) >= 11 is 0. The van der Waals surface area contributed by atoms with Crippen molar-refractivity contribution in [3.8, 4) is 5.75 Å². The lowest BCUT2D eigenvalue weighted by Gasteiger charge is -2.29. The minimum Gasteiger partial charge on any atom is -0.491 e. The number of benzene rings is 2. The molecule has 2 aromatic carbocycles. The highest BCUT2D eigenvalue weighted by atomic mass is 19.2. The van der Waals surface area contributed by atoms with Crippen LogP contribution in [0.3, 0.4) is 0 Å². The molecule has 2 atom stereocenters. The standard InChI is InChI=1S/C26H31F3O2/c1-2-30-24-16-14-22(25(28)26(24)29)13-9-19-7-11-21(12-8-19)23-15-10-20(18-31-23)6-4-3-5-17-27/h3,5,7-8,11-12,14,16,20,23H,2,4,6,9-10,13,15,17-18H2,1H3. The van der Waals surface area contributed by atoms with Gasteiger partial charge < -0.3 is 9.47 Å². The number of ether oxygens (including phenoxy) is 2. The fourth-order valence-corrected chi connectivity index (χ4v) is 4.02. The monoisotopic (exact) mass is 432 g/mol. The van der Waals surface area contributed by atoms with E-state index in [1.165, 1.54) is 6.07 Å². The Morgan fingerprint density at radius 1 is 1.00 bits per heavy atom.